The van der Waals surface area contributed by atoms with Gasteiger partial charge in [0.05, 0.1) is 13.1 Å². The van der Waals surface area contributed by atoms with Gasteiger partial charge >= 0.3 is 0 Å². The first-order valence-corrected chi connectivity index (χ1v) is 22.8. The standard InChI is InChI=1S/C48H84N4/c1-5-7-9-11-13-15-17-19-21-23-25-27-29-31-37-49-39-41-51(45(49)3)43-47-33-35-48(36-34-47)44-52-42-40-50(46(52)4)38-32-30-28-26-24-22-20-18-16-14-12-10-8-6-2/h33-36,39-42H,5-32,37-38,43-44H2,1-4H3/q+2. The Bertz CT molecular complexity index is 1150. The number of imidazole rings is 2. The highest BCUT2D eigenvalue weighted by Crippen LogP contribution is 2.15. The predicted octanol–water partition coefficient (Wildman–Crippen LogP) is 13.5. The van der Waals surface area contributed by atoms with Crippen LogP contribution < -0.4 is 9.13 Å². The molecule has 0 aliphatic carbocycles. The van der Waals surface area contributed by atoms with Crippen molar-refractivity contribution in [2.24, 2.45) is 0 Å². The highest BCUT2D eigenvalue weighted by atomic mass is 15.1. The summed E-state index contributed by atoms with van der Waals surface area (Å²) in [5, 5.41) is 0. The van der Waals surface area contributed by atoms with E-state index >= 15 is 0 Å². The van der Waals surface area contributed by atoms with Crippen molar-refractivity contribution in [1.82, 2.24) is 9.13 Å². The molecule has 0 aliphatic heterocycles. The molecule has 0 aliphatic rings. The molecule has 0 atom stereocenters. The van der Waals surface area contributed by atoms with Crippen molar-refractivity contribution in [3.05, 3.63) is 71.8 Å². The minimum Gasteiger partial charge on any atom is -0.234 e. The van der Waals surface area contributed by atoms with E-state index in [2.05, 4.69) is 95.0 Å². The van der Waals surface area contributed by atoms with Crippen LogP contribution in [0.25, 0.3) is 0 Å². The maximum absolute atomic E-state index is 2.46. The minimum atomic E-state index is 0.944. The summed E-state index contributed by atoms with van der Waals surface area (Å²) in [5.41, 5.74) is 2.76. The van der Waals surface area contributed by atoms with Crippen LogP contribution in [0.2, 0.25) is 0 Å². The summed E-state index contributed by atoms with van der Waals surface area (Å²) in [6.07, 6.45) is 48.8. The average Bonchev–Trinajstić information content (AvgIpc) is 3.68. The third kappa shape index (κ3) is 19.1. The lowest BCUT2D eigenvalue weighted by Gasteiger charge is -2.05. The van der Waals surface area contributed by atoms with E-state index < -0.39 is 0 Å². The second-order valence-electron chi connectivity index (χ2n) is 16.3. The average molecular weight is 717 g/mol. The normalized spacial score (nSPS) is 11.6. The number of aromatic nitrogens is 4. The van der Waals surface area contributed by atoms with Crippen molar-refractivity contribution < 1.29 is 9.13 Å². The maximum atomic E-state index is 2.46. The Kier molecular flexibility index (Phi) is 24.6. The van der Waals surface area contributed by atoms with E-state index in [9.17, 15) is 0 Å². The van der Waals surface area contributed by atoms with Crippen molar-refractivity contribution in [1.29, 1.82) is 0 Å². The molecule has 2 heterocycles. The molecule has 0 saturated heterocycles. The molecule has 0 spiro atoms. The van der Waals surface area contributed by atoms with Gasteiger partial charge in [0.15, 0.2) is 0 Å². The summed E-state index contributed by atoms with van der Waals surface area (Å²) >= 11 is 0. The predicted molar refractivity (Wildman–Crippen MR) is 224 cm³/mol. The Morgan fingerprint density at radius 2 is 0.615 bits per heavy atom. The first-order chi connectivity index (χ1) is 25.6. The number of rotatable bonds is 34. The molecule has 0 fully saturated rings. The highest BCUT2D eigenvalue weighted by molar-refractivity contribution is 5.21. The zero-order chi connectivity index (χ0) is 36.9. The molecule has 294 valence electrons. The third-order valence-electron chi connectivity index (χ3n) is 11.7. The summed E-state index contributed by atoms with van der Waals surface area (Å²) in [6.45, 7) is 13.3. The van der Waals surface area contributed by atoms with E-state index in [0.29, 0.717) is 0 Å². The Morgan fingerprint density at radius 1 is 0.365 bits per heavy atom. The van der Waals surface area contributed by atoms with Crippen molar-refractivity contribution >= 4 is 0 Å². The molecule has 1 aromatic carbocycles. The molecule has 0 N–H and O–H groups in total. The van der Waals surface area contributed by atoms with Gasteiger partial charge < -0.3 is 0 Å². The molecule has 0 bridgehead atoms. The summed E-state index contributed by atoms with van der Waals surface area (Å²) in [6, 6.07) is 9.31. The van der Waals surface area contributed by atoms with Crippen LogP contribution in [0.3, 0.4) is 0 Å². The Hall–Kier alpha value is -2.36. The van der Waals surface area contributed by atoms with Gasteiger partial charge in [-0.15, -0.1) is 0 Å². The van der Waals surface area contributed by atoms with E-state index in [-0.39, 0.29) is 0 Å². The smallest absolute Gasteiger partial charge is 0.234 e. The van der Waals surface area contributed by atoms with Crippen LogP contribution in [0.15, 0.2) is 49.1 Å². The molecule has 3 rings (SSSR count). The van der Waals surface area contributed by atoms with Gasteiger partial charge in [-0.05, 0) is 36.8 Å². The van der Waals surface area contributed by atoms with Crippen LogP contribution in [0.5, 0.6) is 0 Å². The fourth-order valence-electron chi connectivity index (χ4n) is 7.99. The molecule has 52 heavy (non-hydrogen) atoms. The molecule has 0 saturated carbocycles. The summed E-state index contributed by atoms with van der Waals surface area (Å²) in [4.78, 5) is 0. The largest absolute Gasteiger partial charge is 0.253 e. The monoisotopic (exact) mass is 717 g/mol. The molecular weight excluding hydrogens is 633 g/mol. The minimum absolute atomic E-state index is 0.944. The van der Waals surface area contributed by atoms with Gasteiger partial charge in [-0.1, -0.05) is 192 Å². The summed E-state index contributed by atoms with van der Waals surface area (Å²) < 4.78 is 9.74. The van der Waals surface area contributed by atoms with Crippen LogP contribution >= 0.6 is 0 Å². The highest BCUT2D eigenvalue weighted by Gasteiger charge is 2.14. The number of unbranched alkanes of at least 4 members (excludes halogenated alkanes) is 26. The molecule has 3 aromatic rings. The van der Waals surface area contributed by atoms with Gasteiger partial charge in [0.2, 0.25) is 0 Å². The second-order valence-corrected chi connectivity index (χ2v) is 16.3. The van der Waals surface area contributed by atoms with E-state index in [4.69, 9.17) is 0 Å². The van der Waals surface area contributed by atoms with E-state index in [0.717, 1.165) is 26.2 Å². The van der Waals surface area contributed by atoms with Gasteiger partial charge in [-0.3, -0.25) is 0 Å². The zero-order valence-electron chi connectivity index (χ0n) is 35.0. The molecule has 4 nitrogen and oxygen atoms in total. The molecule has 0 radical (unpaired) electrons. The van der Waals surface area contributed by atoms with Crippen molar-refractivity contribution in [2.45, 2.75) is 234 Å². The lowest BCUT2D eigenvalue weighted by Crippen LogP contribution is -2.36. The number of hydrogen-bond acceptors (Lipinski definition) is 0. The van der Waals surface area contributed by atoms with Gasteiger partial charge in [0.25, 0.3) is 11.6 Å². The summed E-state index contributed by atoms with van der Waals surface area (Å²) in [5.74, 6) is 2.73. The number of benzene rings is 1. The Morgan fingerprint density at radius 3 is 0.885 bits per heavy atom. The lowest BCUT2D eigenvalue weighted by molar-refractivity contribution is -0.694. The first kappa shape index (κ1) is 44.0. The zero-order valence-corrected chi connectivity index (χ0v) is 35.0. The van der Waals surface area contributed by atoms with Crippen LogP contribution in [-0.2, 0) is 26.2 Å². The van der Waals surface area contributed by atoms with E-state index in [1.54, 1.807) is 0 Å². The van der Waals surface area contributed by atoms with Crippen LogP contribution in [-0.4, -0.2) is 9.13 Å². The second kappa shape index (κ2) is 29.1. The molecule has 4 heteroatoms. The van der Waals surface area contributed by atoms with Gasteiger partial charge in [-0.2, -0.15) is 0 Å². The lowest BCUT2D eigenvalue weighted by atomic mass is 10.0. The van der Waals surface area contributed by atoms with Crippen molar-refractivity contribution in [2.75, 3.05) is 0 Å². The fourth-order valence-corrected chi connectivity index (χ4v) is 7.99. The molecule has 0 unspecified atom stereocenters. The van der Waals surface area contributed by atoms with Gasteiger partial charge in [0, 0.05) is 13.8 Å². The Balaban J connectivity index is 1.22. The quantitative estimate of drug-likeness (QED) is 0.0432. The third-order valence-corrected chi connectivity index (χ3v) is 11.7. The van der Waals surface area contributed by atoms with Crippen LogP contribution in [0.4, 0.5) is 0 Å². The molecule has 0 amide bonds. The van der Waals surface area contributed by atoms with E-state index in [1.807, 2.05) is 0 Å². The number of hydrogen-bond donors (Lipinski definition) is 0. The number of aryl methyl sites for hydroxylation is 2. The van der Waals surface area contributed by atoms with Gasteiger partial charge in [0.1, 0.15) is 37.9 Å². The first-order valence-electron chi connectivity index (χ1n) is 22.8. The molecule has 2 aromatic heterocycles. The van der Waals surface area contributed by atoms with Crippen molar-refractivity contribution in [3.8, 4) is 0 Å². The van der Waals surface area contributed by atoms with Crippen LogP contribution in [0.1, 0.15) is 216 Å². The van der Waals surface area contributed by atoms with Crippen molar-refractivity contribution in [3.63, 3.8) is 0 Å². The number of nitrogens with zero attached hydrogens (tertiary/aromatic N) is 4. The Labute approximate surface area is 322 Å². The van der Waals surface area contributed by atoms with E-state index in [1.165, 1.54) is 203 Å². The SMILES string of the molecule is CCCCCCCCCCCCCCCCn1cc[n+](Cc2ccc(C[n+]3ccn(CCCCCCCCCCCCCCCC)c3C)cc2)c1C. The van der Waals surface area contributed by atoms with Crippen LogP contribution in [0, 0.1) is 13.8 Å². The summed E-state index contributed by atoms with van der Waals surface area (Å²) in [7, 11) is 0. The topological polar surface area (TPSA) is 17.6 Å². The fraction of sp³-hybridized carbons (Fsp3) is 0.750. The molecular formula is C48H84N4+2. The van der Waals surface area contributed by atoms with Gasteiger partial charge in [-0.25, -0.2) is 18.3 Å². The maximum Gasteiger partial charge on any atom is 0.253 e.